The summed E-state index contributed by atoms with van der Waals surface area (Å²) < 4.78 is 1.85. The fourth-order valence-corrected chi connectivity index (χ4v) is 3.37. The van der Waals surface area contributed by atoms with Gasteiger partial charge in [0, 0.05) is 18.2 Å². The summed E-state index contributed by atoms with van der Waals surface area (Å²) in [5, 5.41) is 16.5. The summed E-state index contributed by atoms with van der Waals surface area (Å²) in [6, 6.07) is 0. The molecule has 2 N–H and O–H groups in total. The Balaban J connectivity index is 1.63. The minimum Gasteiger partial charge on any atom is -0.375 e. The van der Waals surface area contributed by atoms with Crippen LogP contribution < -0.4 is 5.73 Å². The van der Waals surface area contributed by atoms with Crippen molar-refractivity contribution >= 4 is 32.8 Å². The molecule has 0 aliphatic rings. The van der Waals surface area contributed by atoms with Crippen LogP contribution in [0.2, 0.25) is 0 Å². The van der Waals surface area contributed by atoms with Gasteiger partial charge in [-0.15, -0.1) is 21.5 Å². The van der Waals surface area contributed by atoms with Crippen LogP contribution in [0.4, 0.5) is 5.13 Å². The van der Waals surface area contributed by atoms with E-state index in [4.69, 9.17) is 5.73 Å². The fourth-order valence-electron chi connectivity index (χ4n) is 1.88. The molecule has 0 saturated carbocycles. The predicted molar refractivity (Wildman–Crippen MR) is 76.6 cm³/mol. The molecular weight excluding hydrogens is 280 g/mol. The lowest BCUT2D eigenvalue weighted by Crippen LogP contribution is -1.96. The first-order valence-corrected chi connectivity index (χ1v) is 7.85. The number of rotatable bonds is 5. The van der Waals surface area contributed by atoms with E-state index in [0.29, 0.717) is 5.13 Å². The van der Waals surface area contributed by atoms with E-state index >= 15 is 0 Å². The van der Waals surface area contributed by atoms with Crippen molar-refractivity contribution in [2.24, 2.45) is 0 Å². The molecule has 0 bridgehead atoms. The zero-order valence-corrected chi connectivity index (χ0v) is 12.2. The van der Waals surface area contributed by atoms with Crippen LogP contribution in [0.15, 0.2) is 5.38 Å². The van der Waals surface area contributed by atoms with Crippen LogP contribution in [-0.4, -0.2) is 24.8 Å². The third-order valence-corrected chi connectivity index (χ3v) is 4.49. The molecule has 0 fully saturated rings. The average Bonchev–Trinajstić information content (AvgIpc) is 3.05. The van der Waals surface area contributed by atoms with Gasteiger partial charge in [0.05, 0.1) is 5.69 Å². The Kier molecular flexibility index (Phi) is 3.43. The molecule has 0 aliphatic heterocycles. The highest BCUT2D eigenvalue weighted by Crippen LogP contribution is 2.18. The molecule has 19 heavy (non-hydrogen) atoms. The van der Waals surface area contributed by atoms with Crippen molar-refractivity contribution in [2.45, 2.75) is 32.6 Å². The Bertz CT molecular complexity index is 682. The lowest BCUT2D eigenvalue weighted by molar-refractivity contribution is 0.760. The quantitative estimate of drug-likeness (QED) is 0.778. The van der Waals surface area contributed by atoms with E-state index in [0.717, 1.165) is 47.2 Å². The van der Waals surface area contributed by atoms with Crippen LogP contribution in [0.5, 0.6) is 0 Å². The number of thiazole rings is 1. The summed E-state index contributed by atoms with van der Waals surface area (Å²) in [6.07, 6.45) is 3.75. The first kappa shape index (κ1) is 12.5. The summed E-state index contributed by atoms with van der Waals surface area (Å²) >= 11 is 3.10. The number of hydrogen-bond acceptors (Lipinski definition) is 7. The molecule has 0 amide bonds. The Morgan fingerprint density at radius 3 is 2.95 bits per heavy atom. The maximum Gasteiger partial charge on any atom is 0.234 e. The van der Waals surface area contributed by atoms with Crippen molar-refractivity contribution in [3.63, 3.8) is 0 Å². The summed E-state index contributed by atoms with van der Waals surface area (Å²) in [6.45, 7) is 2.06. The molecule has 3 aromatic heterocycles. The van der Waals surface area contributed by atoms with Gasteiger partial charge in [0.25, 0.3) is 0 Å². The average molecular weight is 294 g/mol. The van der Waals surface area contributed by atoms with Gasteiger partial charge in [0.15, 0.2) is 11.0 Å². The second-order valence-corrected chi connectivity index (χ2v) is 6.12. The molecule has 0 aliphatic carbocycles. The van der Waals surface area contributed by atoms with E-state index < -0.39 is 0 Å². The molecule has 0 aromatic carbocycles. The lowest BCUT2D eigenvalue weighted by atomic mass is 10.2. The molecule has 3 rings (SSSR count). The molecule has 0 spiro atoms. The summed E-state index contributed by atoms with van der Waals surface area (Å²) in [5.74, 6) is 0.921. The van der Waals surface area contributed by atoms with Crippen LogP contribution in [0.1, 0.15) is 29.9 Å². The fraction of sp³-hybridized carbons (Fsp3) is 0.455. The molecule has 0 radical (unpaired) electrons. The molecule has 3 aromatic rings. The third-order valence-electron chi connectivity index (χ3n) is 2.81. The Labute approximate surface area is 118 Å². The largest absolute Gasteiger partial charge is 0.375 e. The SMILES string of the molecule is CCc1nnc2sc(CCCc3csc(N)n3)nn12. The molecular formula is C11H14N6S2. The Morgan fingerprint density at radius 1 is 1.32 bits per heavy atom. The van der Waals surface area contributed by atoms with Crippen LogP contribution in [0.3, 0.4) is 0 Å². The minimum absolute atomic E-state index is 0.640. The van der Waals surface area contributed by atoms with Crippen molar-refractivity contribution in [1.29, 1.82) is 0 Å². The number of nitrogens with two attached hydrogens (primary N) is 1. The number of aryl methyl sites for hydroxylation is 3. The smallest absolute Gasteiger partial charge is 0.234 e. The van der Waals surface area contributed by atoms with Gasteiger partial charge in [-0.3, -0.25) is 0 Å². The molecule has 0 saturated heterocycles. The van der Waals surface area contributed by atoms with E-state index in [9.17, 15) is 0 Å². The second kappa shape index (κ2) is 5.22. The van der Waals surface area contributed by atoms with Crippen molar-refractivity contribution in [2.75, 3.05) is 5.73 Å². The van der Waals surface area contributed by atoms with Gasteiger partial charge in [-0.25, -0.2) is 4.98 Å². The summed E-state index contributed by atoms with van der Waals surface area (Å²) in [5.41, 5.74) is 6.68. The van der Waals surface area contributed by atoms with Gasteiger partial charge in [-0.1, -0.05) is 18.3 Å². The van der Waals surface area contributed by atoms with Crippen LogP contribution in [0.25, 0.3) is 4.96 Å². The number of anilines is 1. The first-order chi connectivity index (χ1) is 9.26. The monoisotopic (exact) mass is 294 g/mol. The van der Waals surface area contributed by atoms with E-state index in [-0.39, 0.29) is 0 Å². The second-order valence-electron chi connectivity index (χ2n) is 4.19. The van der Waals surface area contributed by atoms with Gasteiger partial charge < -0.3 is 5.73 Å². The molecule has 8 heteroatoms. The molecule has 6 nitrogen and oxygen atoms in total. The van der Waals surface area contributed by atoms with Crippen LogP contribution >= 0.6 is 22.7 Å². The Morgan fingerprint density at radius 2 is 2.21 bits per heavy atom. The number of aromatic nitrogens is 5. The maximum atomic E-state index is 5.61. The highest BCUT2D eigenvalue weighted by Gasteiger charge is 2.10. The van der Waals surface area contributed by atoms with Crippen molar-refractivity contribution in [3.05, 3.63) is 21.9 Å². The van der Waals surface area contributed by atoms with E-state index in [2.05, 4.69) is 27.2 Å². The minimum atomic E-state index is 0.640. The topological polar surface area (TPSA) is 82.0 Å². The van der Waals surface area contributed by atoms with Gasteiger partial charge in [0.2, 0.25) is 4.96 Å². The van der Waals surface area contributed by atoms with Gasteiger partial charge in [0.1, 0.15) is 5.01 Å². The molecule has 100 valence electrons. The third kappa shape index (κ3) is 2.59. The van der Waals surface area contributed by atoms with Crippen molar-refractivity contribution < 1.29 is 0 Å². The normalized spacial score (nSPS) is 11.4. The number of nitrogen functional groups attached to an aromatic ring is 1. The molecule has 3 heterocycles. The number of fused-ring (bicyclic) bond motifs is 1. The standard InChI is InChI=1S/C11H14N6S2/c1-2-8-14-15-11-17(8)16-9(19-11)5-3-4-7-6-18-10(12)13-7/h6H,2-5H2,1H3,(H2,12,13). The lowest BCUT2D eigenvalue weighted by Gasteiger charge is -1.94. The van der Waals surface area contributed by atoms with Crippen molar-refractivity contribution in [3.8, 4) is 0 Å². The maximum absolute atomic E-state index is 5.61. The van der Waals surface area contributed by atoms with E-state index in [1.807, 2.05) is 9.90 Å². The van der Waals surface area contributed by atoms with Crippen LogP contribution in [0, 0.1) is 0 Å². The summed E-state index contributed by atoms with van der Waals surface area (Å²) in [7, 11) is 0. The highest BCUT2D eigenvalue weighted by molar-refractivity contribution is 7.16. The van der Waals surface area contributed by atoms with Gasteiger partial charge in [-0.2, -0.15) is 9.61 Å². The van der Waals surface area contributed by atoms with Gasteiger partial charge in [-0.05, 0) is 12.8 Å². The highest BCUT2D eigenvalue weighted by atomic mass is 32.1. The Hall–Kier alpha value is -1.54. The zero-order valence-electron chi connectivity index (χ0n) is 10.5. The van der Waals surface area contributed by atoms with Crippen LogP contribution in [-0.2, 0) is 19.3 Å². The first-order valence-electron chi connectivity index (χ1n) is 6.16. The molecule has 0 atom stereocenters. The van der Waals surface area contributed by atoms with E-state index in [1.165, 1.54) is 11.3 Å². The number of hydrogen-bond donors (Lipinski definition) is 1. The van der Waals surface area contributed by atoms with E-state index in [1.54, 1.807) is 11.3 Å². The summed E-state index contributed by atoms with van der Waals surface area (Å²) in [4.78, 5) is 5.13. The van der Waals surface area contributed by atoms with Crippen molar-refractivity contribution in [1.82, 2.24) is 24.8 Å². The zero-order chi connectivity index (χ0) is 13.2. The number of nitrogens with zero attached hydrogens (tertiary/aromatic N) is 5. The van der Waals surface area contributed by atoms with Gasteiger partial charge >= 0.3 is 0 Å². The molecule has 0 unspecified atom stereocenters. The predicted octanol–water partition coefficient (Wildman–Crippen LogP) is 1.96.